The quantitative estimate of drug-likeness (QED) is 0.149. The van der Waals surface area contributed by atoms with Gasteiger partial charge in [-0.25, -0.2) is 12.8 Å². The van der Waals surface area contributed by atoms with E-state index in [1.807, 2.05) is 66.7 Å². The minimum Gasteiger partial charge on any atom is -0.478 e. The molecular formula is C36H31FN4O4S. The molecule has 6 rings (SSSR count). The zero-order valence-electron chi connectivity index (χ0n) is 25.1. The van der Waals surface area contributed by atoms with Gasteiger partial charge >= 0.3 is 0 Å². The molecular weight excluding hydrogens is 603 g/mol. The molecule has 8 nitrogen and oxygen atoms in total. The highest BCUT2D eigenvalue weighted by Crippen LogP contribution is 2.47. The summed E-state index contributed by atoms with van der Waals surface area (Å²) in [5, 5.41) is 9.52. The number of carbonyl (C=O) groups is 1. The molecule has 1 aromatic heterocycles. The number of aromatic nitrogens is 1. The van der Waals surface area contributed by atoms with E-state index in [0.29, 0.717) is 22.2 Å². The fourth-order valence-electron chi connectivity index (χ4n) is 5.84. The Bertz CT molecular complexity index is 1990. The van der Waals surface area contributed by atoms with E-state index in [0.717, 1.165) is 16.7 Å². The van der Waals surface area contributed by atoms with Crippen LogP contribution in [-0.4, -0.2) is 37.0 Å². The highest BCUT2D eigenvalue weighted by atomic mass is 32.2. The number of carbonyl (C=O) groups excluding carboxylic acids is 1. The summed E-state index contributed by atoms with van der Waals surface area (Å²) in [6.45, 7) is 0.275. The van der Waals surface area contributed by atoms with Crippen LogP contribution < -0.4 is 9.04 Å². The number of anilines is 1. The van der Waals surface area contributed by atoms with Crippen LogP contribution in [0, 0.1) is 17.1 Å². The molecule has 5 aromatic rings. The second kappa shape index (κ2) is 13.0. The smallest absolute Gasteiger partial charge is 0.258 e. The van der Waals surface area contributed by atoms with Gasteiger partial charge in [0.1, 0.15) is 17.4 Å². The Balaban J connectivity index is 1.55. The van der Waals surface area contributed by atoms with Crippen LogP contribution in [0.15, 0.2) is 103 Å². The van der Waals surface area contributed by atoms with Crippen molar-refractivity contribution in [2.75, 3.05) is 17.1 Å². The maximum atomic E-state index is 14.4. The monoisotopic (exact) mass is 634 g/mol. The zero-order chi connectivity index (χ0) is 32.3. The van der Waals surface area contributed by atoms with E-state index in [9.17, 15) is 17.6 Å². The first-order chi connectivity index (χ1) is 22.3. The second-order valence-corrected chi connectivity index (χ2v) is 13.2. The molecule has 0 unspecified atom stereocenters. The Morgan fingerprint density at radius 2 is 1.63 bits per heavy atom. The van der Waals surface area contributed by atoms with E-state index >= 15 is 0 Å². The SMILES string of the molecule is CN(c1c2c(c(OC(c3ccccc3)c3ccccc3)c3ncccc13)C(=O)N(Cc1ccc(F)cc1)C2)S(=O)(=O)CCCC#N. The summed E-state index contributed by atoms with van der Waals surface area (Å²) in [6.07, 6.45) is 1.26. The van der Waals surface area contributed by atoms with Gasteiger partial charge in [0.15, 0.2) is 5.75 Å². The van der Waals surface area contributed by atoms with Crippen molar-refractivity contribution < 1.29 is 22.3 Å². The van der Waals surface area contributed by atoms with Crippen LogP contribution in [0.4, 0.5) is 10.1 Å². The van der Waals surface area contributed by atoms with Gasteiger partial charge < -0.3 is 9.64 Å². The number of halogens is 1. The van der Waals surface area contributed by atoms with Gasteiger partial charge in [-0.1, -0.05) is 72.8 Å². The number of hydrogen-bond donors (Lipinski definition) is 0. The molecule has 0 fully saturated rings. The maximum Gasteiger partial charge on any atom is 0.258 e. The number of nitriles is 1. The summed E-state index contributed by atoms with van der Waals surface area (Å²) in [7, 11) is -2.41. The van der Waals surface area contributed by atoms with Crippen LogP contribution >= 0.6 is 0 Å². The third-order valence-corrected chi connectivity index (χ3v) is 9.91. The normalized spacial score (nSPS) is 12.7. The third kappa shape index (κ3) is 6.02. The lowest BCUT2D eigenvalue weighted by Crippen LogP contribution is -2.30. The van der Waals surface area contributed by atoms with Crippen LogP contribution in [0.5, 0.6) is 5.75 Å². The summed E-state index contributed by atoms with van der Waals surface area (Å²) in [5.41, 5.74) is 3.87. The lowest BCUT2D eigenvalue weighted by atomic mass is 9.99. The van der Waals surface area contributed by atoms with Crippen molar-refractivity contribution >= 4 is 32.5 Å². The molecule has 0 spiro atoms. The number of nitrogens with zero attached hydrogens (tertiary/aromatic N) is 4. The minimum atomic E-state index is -3.88. The van der Waals surface area contributed by atoms with E-state index in [1.54, 1.807) is 35.4 Å². The first-order valence-electron chi connectivity index (χ1n) is 14.9. The molecule has 0 aliphatic carbocycles. The standard InChI is InChI=1S/C36H31FN4O4S/c1-40(46(43,44)22-9-8-20-38)33-29-15-10-21-39-32(29)35(45-34(26-11-4-2-5-12-26)27-13-6-3-7-14-27)31-30(33)24-41(36(31)42)23-25-16-18-28(37)19-17-25/h2-7,10-19,21,34H,8-9,22-24H2,1H3. The summed E-state index contributed by atoms with van der Waals surface area (Å²) in [5.74, 6) is -0.707. The second-order valence-electron chi connectivity index (χ2n) is 11.1. The van der Waals surface area contributed by atoms with Crippen molar-refractivity contribution in [2.24, 2.45) is 0 Å². The molecule has 10 heteroatoms. The van der Waals surface area contributed by atoms with Gasteiger partial charge in [-0.3, -0.25) is 14.1 Å². The molecule has 0 radical (unpaired) electrons. The molecule has 232 valence electrons. The molecule has 2 heterocycles. The van der Waals surface area contributed by atoms with Crippen molar-refractivity contribution in [2.45, 2.75) is 32.0 Å². The summed E-state index contributed by atoms with van der Waals surface area (Å²) in [4.78, 5) is 20.6. The first-order valence-corrected chi connectivity index (χ1v) is 16.5. The number of pyridine rings is 1. The Morgan fingerprint density at radius 3 is 2.26 bits per heavy atom. The molecule has 1 aliphatic heterocycles. The Hall–Kier alpha value is -5.27. The number of ether oxygens (including phenoxy) is 1. The van der Waals surface area contributed by atoms with Crippen LogP contribution in [0.1, 0.15) is 51.6 Å². The summed E-state index contributed by atoms with van der Waals surface area (Å²) < 4.78 is 49.0. The minimum absolute atomic E-state index is 0.0987. The van der Waals surface area contributed by atoms with Gasteiger partial charge in [0, 0.05) is 43.7 Å². The zero-order valence-corrected chi connectivity index (χ0v) is 26.0. The van der Waals surface area contributed by atoms with Gasteiger partial charge in [-0.2, -0.15) is 5.26 Å². The van der Waals surface area contributed by atoms with Crippen LogP contribution in [0.2, 0.25) is 0 Å². The number of rotatable bonds is 11. The Morgan fingerprint density at radius 1 is 0.978 bits per heavy atom. The maximum absolute atomic E-state index is 14.4. The van der Waals surface area contributed by atoms with Crippen LogP contribution in [0.25, 0.3) is 10.9 Å². The lowest BCUT2D eigenvalue weighted by Gasteiger charge is -2.26. The molecule has 1 amide bonds. The van der Waals surface area contributed by atoms with Crippen LogP contribution in [0.3, 0.4) is 0 Å². The van der Waals surface area contributed by atoms with Crippen molar-refractivity contribution in [3.63, 3.8) is 0 Å². The Kier molecular flexibility index (Phi) is 8.68. The number of unbranched alkanes of at least 4 members (excludes halogenated alkanes) is 1. The first kappa shape index (κ1) is 30.7. The van der Waals surface area contributed by atoms with E-state index in [4.69, 9.17) is 10.00 Å². The number of fused-ring (bicyclic) bond motifs is 2. The molecule has 46 heavy (non-hydrogen) atoms. The third-order valence-electron chi connectivity index (χ3n) is 8.09. The molecule has 1 aliphatic rings. The van der Waals surface area contributed by atoms with E-state index in [1.165, 1.54) is 23.5 Å². The lowest BCUT2D eigenvalue weighted by molar-refractivity contribution is 0.0762. The molecule has 0 atom stereocenters. The van der Waals surface area contributed by atoms with Crippen molar-refractivity contribution in [3.8, 4) is 11.8 Å². The van der Waals surface area contributed by atoms with Crippen molar-refractivity contribution in [1.82, 2.24) is 9.88 Å². The van der Waals surface area contributed by atoms with Gasteiger partial charge in [-0.05, 0) is 47.4 Å². The van der Waals surface area contributed by atoms with Crippen molar-refractivity contribution in [1.29, 1.82) is 5.26 Å². The average molecular weight is 635 g/mol. The molecule has 0 saturated heterocycles. The molecule has 4 aromatic carbocycles. The predicted octanol–water partition coefficient (Wildman–Crippen LogP) is 6.77. The fraction of sp³-hybridized carbons (Fsp3) is 0.194. The highest BCUT2D eigenvalue weighted by Gasteiger charge is 2.39. The molecule has 0 N–H and O–H groups in total. The fourth-order valence-corrected chi connectivity index (χ4v) is 7.11. The van der Waals surface area contributed by atoms with E-state index in [-0.39, 0.29) is 54.7 Å². The average Bonchev–Trinajstić information content (AvgIpc) is 3.39. The topological polar surface area (TPSA) is 104 Å². The predicted molar refractivity (Wildman–Crippen MR) is 174 cm³/mol. The highest BCUT2D eigenvalue weighted by molar-refractivity contribution is 7.92. The molecule has 0 bridgehead atoms. The van der Waals surface area contributed by atoms with Crippen LogP contribution in [-0.2, 0) is 23.1 Å². The largest absolute Gasteiger partial charge is 0.478 e. The Labute approximate surface area is 267 Å². The van der Waals surface area contributed by atoms with Crippen molar-refractivity contribution in [3.05, 3.63) is 137 Å². The van der Waals surface area contributed by atoms with Gasteiger partial charge in [0.05, 0.1) is 23.1 Å². The summed E-state index contributed by atoms with van der Waals surface area (Å²) in [6, 6.07) is 30.7. The summed E-state index contributed by atoms with van der Waals surface area (Å²) >= 11 is 0. The van der Waals surface area contributed by atoms with Gasteiger partial charge in [0.25, 0.3) is 5.91 Å². The number of amides is 1. The van der Waals surface area contributed by atoms with Gasteiger partial charge in [0.2, 0.25) is 10.0 Å². The number of hydrogen-bond acceptors (Lipinski definition) is 6. The van der Waals surface area contributed by atoms with E-state index in [2.05, 4.69) is 4.98 Å². The number of sulfonamides is 1. The van der Waals surface area contributed by atoms with E-state index < -0.39 is 16.1 Å². The number of benzene rings is 4. The molecule has 0 saturated carbocycles. The van der Waals surface area contributed by atoms with Gasteiger partial charge in [-0.15, -0.1) is 0 Å².